The largest absolute Gasteiger partial charge is 0.490 e. The molecule has 2 atom stereocenters. The van der Waals surface area contributed by atoms with Crippen LogP contribution in [0.5, 0.6) is 5.75 Å². The average molecular weight is 335 g/mol. The predicted molar refractivity (Wildman–Crippen MR) is 93.9 cm³/mol. The Kier molecular flexibility index (Phi) is 8.90. The molecule has 0 aliphatic rings. The summed E-state index contributed by atoms with van der Waals surface area (Å²) in [4.78, 5) is 21.3. The average Bonchev–Trinajstić information content (AvgIpc) is 2.52. The molecule has 0 unspecified atom stereocenters. The minimum atomic E-state index is -0.732. The van der Waals surface area contributed by atoms with Crippen molar-refractivity contribution in [3.63, 3.8) is 0 Å². The third-order valence-corrected chi connectivity index (χ3v) is 4.22. The second kappa shape index (κ2) is 10.7. The summed E-state index contributed by atoms with van der Waals surface area (Å²) in [6.07, 6.45) is 4.88. The van der Waals surface area contributed by atoms with E-state index < -0.39 is 5.97 Å². The highest BCUT2D eigenvalue weighted by atomic mass is 16.5. The maximum atomic E-state index is 10.9. The maximum Gasteiger partial charge on any atom is 0.303 e. The van der Waals surface area contributed by atoms with E-state index in [1.807, 2.05) is 25.1 Å². The van der Waals surface area contributed by atoms with Crippen LogP contribution in [-0.4, -0.2) is 23.1 Å². The van der Waals surface area contributed by atoms with Crippen molar-refractivity contribution in [2.75, 3.05) is 0 Å². The topological polar surface area (TPSA) is 89.6 Å². The number of amides is 1. The molecule has 1 amide bonds. The summed E-state index contributed by atoms with van der Waals surface area (Å²) in [7, 11) is 0. The fraction of sp³-hybridized carbons (Fsp3) is 0.579. The lowest BCUT2D eigenvalue weighted by Gasteiger charge is -2.21. The van der Waals surface area contributed by atoms with Crippen LogP contribution in [0.15, 0.2) is 24.3 Å². The van der Waals surface area contributed by atoms with Gasteiger partial charge in [0.1, 0.15) is 5.75 Å². The van der Waals surface area contributed by atoms with Crippen molar-refractivity contribution in [3.05, 3.63) is 29.8 Å². The number of primary amides is 1. The monoisotopic (exact) mass is 335 g/mol. The third kappa shape index (κ3) is 8.56. The molecule has 0 radical (unpaired) electrons. The van der Waals surface area contributed by atoms with Gasteiger partial charge in [0, 0.05) is 12.8 Å². The van der Waals surface area contributed by atoms with Gasteiger partial charge in [-0.1, -0.05) is 25.5 Å². The Labute approximate surface area is 144 Å². The van der Waals surface area contributed by atoms with Crippen molar-refractivity contribution in [1.82, 2.24) is 0 Å². The minimum Gasteiger partial charge on any atom is -0.490 e. The summed E-state index contributed by atoms with van der Waals surface area (Å²) in [5.41, 5.74) is 6.38. The van der Waals surface area contributed by atoms with Gasteiger partial charge in [-0.15, -0.1) is 0 Å². The molecule has 24 heavy (non-hydrogen) atoms. The van der Waals surface area contributed by atoms with Crippen LogP contribution in [0.4, 0.5) is 0 Å². The molecule has 1 rings (SSSR count). The first-order valence-corrected chi connectivity index (χ1v) is 8.64. The quantitative estimate of drug-likeness (QED) is 0.572. The SMILES string of the molecule is C[C@@H](CCC(N)=O)[C@@H](C)Oc1cccc(CCCCCC(=O)O)c1. The smallest absolute Gasteiger partial charge is 0.303 e. The van der Waals surface area contributed by atoms with Gasteiger partial charge in [0.05, 0.1) is 6.10 Å². The number of hydrogen-bond acceptors (Lipinski definition) is 3. The summed E-state index contributed by atoms with van der Waals surface area (Å²) in [6, 6.07) is 8.01. The molecule has 1 aromatic carbocycles. The summed E-state index contributed by atoms with van der Waals surface area (Å²) < 4.78 is 5.98. The van der Waals surface area contributed by atoms with E-state index in [-0.39, 0.29) is 24.3 Å². The van der Waals surface area contributed by atoms with E-state index in [0.29, 0.717) is 6.42 Å². The molecule has 5 nitrogen and oxygen atoms in total. The number of unbranched alkanes of at least 4 members (excludes halogenated alkanes) is 2. The van der Waals surface area contributed by atoms with Gasteiger partial charge in [-0.05, 0) is 56.2 Å². The van der Waals surface area contributed by atoms with E-state index >= 15 is 0 Å². The molecule has 0 saturated heterocycles. The molecule has 0 aliphatic heterocycles. The Morgan fingerprint density at radius 2 is 1.92 bits per heavy atom. The second-order valence-electron chi connectivity index (χ2n) is 6.41. The summed E-state index contributed by atoms with van der Waals surface area (Å²) in [6.45, 7) is 4.06. The molecule has 3 N–H and O–H groups in total. The zero-order chi connectivity index (χ0) is 17.9. The minimum absolute atomic E-state index is 0.00941. The van der Waals surface area contributed by atoms with Crippen LogP contribution in [0.2, 0.25) is 0 Å². The van der Waals surface area contributed by atoms with Gasteiger partial charge < -0.3 is 15.6 Å². The normalized spacial score (nSPS) is 13.2. The number of hydrogen-bond donors (Lipinski definition) is 2. The number of carbonyl (C=O) groups is 2. The van der Waals surface area contributed by atoms with E-state index in [2.05, 4.69) is 13.0 Å². The Balaban J connectivity index is 2.41. The van der Waals surface area contributed by atoms with Crippen molar-refractivity contribution in [1.29, 1.82) is 0 Å². The van der Waals surface area contributed by atoms with Crippen molar-refractivity contribution in [2.45, 2.75) is 64.9 Å². The predicted octanol–water partition coefficient (Wildman–Crippen LogP) is 3.54. The Morgan fingerprint density at radius 1 is 1.17 bits per heavy atom. The van der Waals surface area contributed by atoms with Crippen LogP contribution in [-0.2, 0) is 16.0 Å². The molecule has 0 aromatic heterocycles. The first-order chi connectivity index (χ1) is 11.4. The number of nitrogens with two attached hydrogens (primary N) is 1. The van der Waals surface area contributed by atoms with Gasteiger partial charge in [-0.25, -0.2) is 0 Å². The molecular formula is C19H29NO4. The molecule has 0 saturated carbocycles. The Bertz CT molecular complexity index is 530. The maximum absolute atomic E-state index is 10.9. The first kappa shape index (κ1) is 20.0. The molecule has 0 bridgehead atoms. The Hall–Kier alpha value is -2.04. The van der Waals surface area contributed by atoms with Gasteiger partial charge >= 0.3 is 5.97 Å². The number of aryl methyl sites for hydroxylation is 1. The highest BCUT2D eigenvalue weighted by Crippen LogP contribution is 2.21. The third-order valence-electron chi connectivity index (χ3n) is 4.22. The zero-order valence-electron chi connectivity index (χ0n) is 14.7. The number of carbonyl (C=O) groups excluding carboxylic acids is 1. The van der Waals surface area contributed by atoms with Crippen LogP contribution in [0.3, 0.4) is 0 Å². The Morgan fingerprint density at radius 3 is 2.58 bits per heavy atom. The van der Waals surface area contributed by atoms with E-state index in [1.165, 1.54) is 5.56 Å². The summed E-state index contributed by atoms with van der Waals surface area (Å²) >= 11 is 0. The van der Waals surface area contributed by atoms with Gasteiger partial charge in [-0.2, -0.15) is 0 Å². The lowest BCUT2D eigenvalue weighted by atomic mass is 10.00. The highest BCUT2D eigenvalue weighted by molar-refractivity contribution is 5.73. The molecule has 0 spiro atoms. The van der Waals surface area contributed by atoms with Crippen molar-refractivity contribution < 1.29 is 19.4 Å². The number of ether oxygens (including phenoxy) is 1. The van der Waals surface area contributed by atoms with Crippen molar-refractivity contribution in [2.24, 2.45) is 11.7 Å². The van der Waals surface area contributed by atoms with Gasteiger partial charge in [-0.3, -0.25) is 9.59 Å². The van der Waals surface area contributed by atoms with E-state index in [0.717, 1.165) is 37.9 Å². The van der Waals surface area contributed by atoms with Gasteiger partial charge in [0.15, 0.2) is 0 Å². The molecule has 5 heteroatoms. The van der Waals surface area contributed by atoms with Crippen LogP contribution in [0.1, 0.15) is 57.9 Å². The molecule has 134 valence electrons. The number of rotatable bonds is 12. The number of carboxylic acid groups (broad SMARTS) is 1. The fourth-order valence-corrected chi connectivity index (χ4v) is 2.49. The molecule has 0 fully saturated rings. The van der Waals surface area contributed by atoms with Crippen LogP contribution in [0, 0.1) is 5.92 Å². The van der Waals surface area contributed by atoms with E-state index in [1.54, 1.807) is 0 Å². The lowest BCUT2D eigenvalue weighted by molar-refractivity contribution is -0.137. The fourth-order valence-electron chi connectivity index (χ4n) is 2.49. The van der Waals surface area contributed by atoms with Gasteiger partial charge in [0.2, 0.25) is 5.91 Å². The summed E-state index contributed by atoms with van der Waals surface area (Å²) in [5.74, 6) is 0.0671. The van der Waals surface area contributed by atoms with E-state index in [9.17, 15) is 9.59 Å². The van der Waals surface area contributed by atoms with Crippen LogP contribution >= 0.6 is 0 Å². The van der Waals surface area contributed by atoms with Crippen LogP contribution in [0.25, 0.3) is 0 Å². The second-order valence-corrected chi connectivity index (χ2v) is 6.41. The standard InChI is InChI=1S/C19H29NO4/c1-14(11-12-18(20)21)15(2)24-17-9-6-8-16(13-17)7-4-3-5-10-19(22)23/h6,8-9,13-15H,3-5,7,10-12H2,1-2H3,(H2,20,21)(H,22,23)/t14-,15+/m0/s1. The van der Waals surface area contributed by atoms with Crippen molar-refractivity contribution >= 4 is 11.9 Å². The number of carboxylic acids is 1. The molecular weight excluding hydrogens is 306 g/mol. The van der Waals surface area contributed by atoms with E-state index in [4.69, 9.17) is 15.6 Å². The summed E-state index contributed by atoms with van der Waals surface area (Å²) in [5, 5.41) is 8.62. The van der Waals surface area contributed by atoms with Crippen LogP contribution < -0.4 is 10.5 Å². The molecule has 0 aliphatic carbocycles. The lowest BCUT2D eigenvalue weighted by Crippen LogP contribution is -2.23. The highest BCUT2D eigenvalue weighted by Gasteiger charge is 2.15. The first-order valence-electron chi connectivity index (χ1n) is 8.64. The molecule has 0 heterocycles. The molecule has 1 aromatic rings. The number of benzene rings is 1. The van der Waals surface area contributed by atoms with Gasteiger partial charge in [0.25, 0.3) is 0 Å². The van der Waals surface area contributed by atoms with Crippen molar-refractivity contribution in [3.8, 4) is 5.75 Å². The zero-order valence-corrected chi connectivity index (χ0v) is 14.7. The number of aliphatic carboxylic acids is 1.